The molecule has 3 N–H and O–H groups in total. The molecule has 0 aromatic rings. The summed E-state index contributed by atoms with van der Waals surface area (Å²) in [6, 6.07) is -0.828. The topological polar surface area (TPSA) is 78.4 Å². The molecule has 0 unspecified atom stereocenters. The highest BCUT2D eigenvalue weighted by molar-refractivity contribution is 5.87. The van der Waals surface area contributed by atoms with Crippen LogP contribution < -0.4 is 10.6 Å². The van der Waals surface area contributed by atoms with Crippen molar-refractivity contribution in [2.24, 2.45) is 0 Å². The van der Waals surface area contributed by atoms with Gasteiger partial charge in [0.15, 0.2) is 0 Å². The molecule has 0 aliphatic rings. The lowest BCUT2D eigenvalue weighted by Gasteiger charge is -2.15. The molecule has 0 spiro atoms. The van der Waals surface area contributed by atoms with Gasteiger partial charge < -0.3 is 15.7 Å². The molecule has 0 fully saturated rings. The average molecular weight is 314 g/mol. The molecule has 5 nitrogen and oxygen atoms in total. The Kier molecular flexibility index (Phi) is 14.1. The van der Waals surface area contributed by atoms with Gasteiger partial charge in [0.05, 0.1) is 6.61 Å². The first-order chi connectivity index (χ1) is 10.7. The minimum atomic E-state index is -0.828. The van der Waals surface area contributed by atoms with Crippen LogP contribution in [0.4, 0.5) is 0 Å². The first kappa shape index (κ1) is 20.9. The van der Waals surface area contributed by atoms with Gasteiger partial charge in [-0.1, -0.05) is 58.3 Å². The summed E-state index contributed by atoms with van der Waals surface area (Å²) in [7, 11) is 0. The van der Waals surface area contributed by atoms with Gasteiger partial charge in [0.25, 0.3) is 0 Å². The van der Waals surface area contributed by atoms with E-state index in [4.69, 9.17) is 5.11 Å². The third kappa shape index (κ3) is 11.5. The van der Waals surface area contributed by atoms with Gasteiger partial charge in [0.2, 0.25) is 11.8 Å². The van der Waals surface area contributed by atoms with Crippen molar-refractivity contribution < 1.29 is 14.7 Å². The van der Waals surface area contributed by atoms with Crippen LogP contribution in [0.15, 0.2) is 0 Å². The molecule has 22 heavy (non-hydrogen) atoms. The van der Waals surface area contributed by atoms with E-state index in [9.17, 15) is 9.59 Å². The Bertz CT molecular complexity index is 296. The molecule has 130 valence electrons. The normalized spacial score (nSPS) is 12.0. The van der Waals surface area contributed by atoms with Gasteiger partial charge in [-0.3, -0.25) is 9.59 Å². The zero-order valence-corrected chi connectivity index (χ0v) is 14.3. The smallest absolute Gasteiger partial charge is 0.244 e. The van der Waals surface area contributed by atoms with Gasteiger partial charge in [-0.15, -0.1) is 0 Å². The summed E-state index contributed by atoms with van der Waals surface area (Å²) in [5.74, 6) is -0.487. The fourth-order valence-corrected chi connectivity index (χ4v) is 2.35. The largest absolute Gasteiger partial charge is 0.394 e. The van der Waals surface area contributed by atoms with E-state index in [1.807, 2.05) is 0 Å². The molecule has 5 heteroatoms. The molecule has 0 aromatic heterocycles. The van der Waals surface area contributed by atoms with E-state index < -0.39 is 6.04 Å². The van der Waals surface area contributed by atoms with Crippen LogP contribution in [-0.4, -0.2) is 36.1 Å². The molecule has 0 rings (SSSR count). The molecular formula is C17H34N2O3. The van der Waals surface area contributed by atoms with Crippen LogP contribution in [0.25, 0.3) is 0 Å². The maximum atomic E-state index is 11.7. The zero-order chi connectivity index (χ0) is 16.6. The Balaban J connectivity index is 3.58. The summed E-state index contributed by atoms with van der Waals surface area (Å²) >= 11 is 0. The van der Waals surface area contributed by atoms with Crippen molar-refractivity contribution in [1.29, 1.82) is 0 Å². The van der Waals surface area contributed by atoms with E-state index in [2.05, 4.69) is 17.6 Å². The SMILES string of the molecule is CCCCCCCCCCCC(=O)N[C@@H](CO)C(=O)NCC. The second-order valence-corrected chi connectivity index (χ2v) is 5.78. The number of hydrogen-bond donors (Lipinski definition) is 3. The number of likely N-dealkylation sites (N-methyl/N-ethyl adjacent to an activating group) is 1. The Morgan fingerprint density at radius 1 is 0.909 bits per heavy atom. The highest BCUT2D eigenvalue weighted by atomic mass is 16.3. The summed E-state index contributed by atoms with van der Waals surface area (Å²) in [5, 5.41) is 14.3. The Morgan fingerprint density at radius 2 is 1.45 bits per heavy atom. The van der Waals surface area contributed by atoms with Crippen molar-refractivity contribution in [1.82, 2.24) is 10.6 Å². The third-order valence-corrected chi connectivity index (χ3v) is 3.69. The second-order valence-electron chi connectivity index (χ2n) is 5.78. The molecule has 0 saturated carbocycles. The second kappa shape index (κ2) is 14.8. The van der Waals surface area contributed by atoms with E-state index in [0.717, 1.165) is 12.8 Å². The lowest BCUT2D eigenvalue weighted by Crippen LogP contribution is -2.48. The lowest BCUT2D eigenvalue weighted by molar-refractivity contribution is -0.130. The van der Waals surface area contributed by atoms with Gasteiger partial charge >= 0.3 is 0 Å². The number of carbonyl (C=O) groups excluding carboxylic acids is 2. The first-order valence-corrected chi connectivity index (χ1v) is 8.83. The van der Waals surface area contributed by atoms with Gasteiger partial charge in [-0.05, 0) is 13.3 Å². The molecule has 0 aliphatic heterocycles. The summed E-state index contributed by atoms with van der Waals surface area (Å²) in [5.41, 5.74) is 0. The highest BCUT2D eigenvalue weighted by Gasteiger charge is 2.18. The standard InChI is InChI=1S/C17H34N2O3/c1-3-5-6-7-8-9-10-11-12-13-16(21)19-15(14-20)17(22)18-4-2/h15,20H,3-14H2,1-2H3,(H,18,22)(H,19,21)/t15-/m0/s1. The predicted octanol–water partition coefficient (Wildman–Crippen LogP) is 2.52. The molecule has 0 aliphatic carbocycles. The van der Waals surface area contributed by atoms with Crippen molar-refractivity contribution in [3.8, 4) is 0 Å². The number of rotatable bonds is 14. The maximum Gasteiger partial charge on any atom is 0.244 e. The van der Waals surface area contributed by atoms with Crippen molar-refractivity contribution >= 4 is 11.8 Å². The van der Waals surface area contributed by atoms with E-state index in [0.29, 0.717) is 13.0 Å². The molecule has 0 radical (unpaired) electrons. The number of aliphatic hydroxyl groups is 1. The summed E-state index contributed by atoms with van der Waals surface area (Å²) < 4.78 is 0. The Labute approximate surface area is 135 Å². The minimum Gasteiger partial charge on any atom is -0.394 e. The van der Waals surface area contributed by atoms with Gasteiger partial charge in [-0.25, -0.2) is 0 Å². The van der Waals surface area contributed by atoms with E-state index in [1.54, 1.807) is 6.92 Å². The van der Waals surface area contributed by atoms with E-state index in [-0.39, 0.29) is 18.4 Å². The van der Waals surface area contributed by atoms with Gasteiger partial charge in [-0.2, -0.15) is 0 Å². The predicted molar refractivity (Wildman–Crippen MR) is 89.5 cm³/mol. The number of carbonyl (C=O) groups is 2. The molecular weight excluding hydrogens is 280 g/mol. The Hall–Kier alpha value is -1.10. The number of nitrogens with one attached hydrogen (secondary N) is 2. The first-order valence-electron chi connectivity index (χ1n) is 8.83. The van der Waals surface area contributed by atoms with Crippen LogP contribution in [0.5, 0.6) is 0 Å². The zero-order valence-electron chi connectivity index (χ0n) is 14.3. The summed E-state index contributed by atoms with van der Waals surface area (Å²) in [4.78, 5) is 23.3. The summed E-state index contributed by atoms with van der Waals surface area (Å²) in [6.07, 6.45) is 11.3. The van der Waals surface area contributed by atoms with Gasteiger partial charge in [0.1, 0.15) is 6.04 Å². The molecule has 0 heterocycles. The minimum absolute atomic E-state index is 0.159. The maximum absolute atomic E-state index is 11.7. The van der Waals surface area contributed by atoms with Gasteiger partial charge in [0, 0.05) is 13.0 Å². The van der Waals surface area contributed by atoms with E-state index >= 15 is 0 Å². The molecule has 0 saturated heterocycles. The van der Waals surface area contributed by atoms with E-state index in [1.165, 1.54) is 44.9 Å². The highest BCUT2D eigenvalue weighted by Crippen LogP contribution is 2.10. The molecule has 0 aromatic carbocycles. The lowest BCUT2D eigenvalue weighted by atomic mass is 10.1. The molecule has 2 amide bonds. The number of unbranched alkanes of at least 4 members (excludes halogenated alkanes) is 8. The van der Waals surface area contributed by atoms with Crippen LogP contribution in [0, 0.1) is 0 Å². The van der Waals surface area contributed by atoms with Crippen LogP contribution in [0.2, 0.25) is 0 Å². The number of hydrogen-bond acceptors (Lipinski definition) is 3. The van der Waals surface area contributed by atoms with Crippen molar-refractivity contribution in [2.45, 2.75) is 84.1 Å². The van der Waals surface area contributed by atoms with Crippen LogP contribution in [0.3, 0.4) is 0 Å². The van der Waals surface area contributed by atoms with Crippen LogP contribution in [0.1, 0.15) is 78.1 Å². The third-order valence-electron chi connectivity index (χ3n) is 3.69. The molecule has 1 atom stereocenters. The fraction of sp³-hybridized carbons (Fsp3) is 0.882. The summed E-state index contributed by atoms with van der Waals surface area (Å²) in [6.45, 7) is 4.15. The monoisotopic (exact) mass is 314 g/mol. The van der Waals surface area contributed by atoms with Crippen molar-refractivity contribution in [2.75, 3.05) is 13.2 Å². The van der Waals surface area contributed by atoms with Crippen LogP contribution in [-0.2, 0) is 9.59 Å². The molecule has 0 bridgehead atoms. The van der Waals surface area contributed by atoms with Crippen molar-refractivity contribution in [3.63, 3.8) is 0 Å². The van der Waals surface area contributed by atoms with Crippen molar-refractivity contribution in [3.05, 3.63) is 0 Å². The Morgan fingerprint density at radius 3 is 1.95 bits per heavy atom. The fourth-order valence-electron chi connectivity index (χ4n) is 2.35. The number of aliphatic hydroxyl groups excluding tert-OH is 1. The van der Waals surface area contributed by atoms with Crippen LogP contribution >= 0.6 is 0 Å². The number of amides is 2. The quantitative estimate of drug-likeness (QED) is 0.431. The average Bonchev–Trinajstić information content (AvgIpc) is 2.51.